The summed E-state index contributed by atoms with van der Waals surface area (Å²) >= 11 is 0. The molecule has 0 bridgehead atoms. The van der Waals surface area contributed by atoms with E-state index in [-0.39, 0.29) is 11.5 Å². The molecule has 3 aromatic rings. The number of ether oxygens (including phenoxy) is 1. The first kappa shape index (κ1) is 15.7. The number of carbonyl (C=O) groups is 1. The summed E-state index contributed by atoms with van der Waals surface area (Å²) in [6.07, 6.45) is 0. The predicted molar refractivity (Wildman–Crippen MR) is 94.0 cm³/mol. The van der Waals surface area contributed by atoms with Crippen LogP contribution in [-0.4, -0.2) is 20.9 Å². The zero-order valence-electron chi connectivity index (χ0n) is 13.2. The Kier molecular flexibility index (Phi) is 3.69. The van der Waals surface area contributed by atoms with Crippen LogP contribution < -0.4 is 9.46 Å². The minimum absolute atomic E-state index is 0.0890. The van der Waals surface area contributed by atoms with E-state index in [0.29, 0.717) is 16.7 Å². The second-order valence-electron chi connectivity index (χ2n) is 5.85. The quantitative estimate of drug-likeness (QED) is 0.786. The van der Waals surface area contributed by atoms with Gasteiger partial charge in [0.2, 0.25) is 5.91 Å². The predicted octanol–water partition coefficient (Wildman–Crippen LogP) is 2.82. The van der Waals surface area contributed by atoms with Gasteiger partial charge < -0.3 is 4.74 Å². The fourth-order valence-corrected chi connectivity index (χ4v) is 4.32. The van der Waals surface area contributed by atoms with Gasteiger partial charge in [-0.2, -0.15) is 0 Å². The van der Waals surface area contributed by atoms with Crippen molar-refractivity contribution in [2.75, 3.05) is 6.61 Å². The summed E-state index contributed by atoms with van der Waals surface area (Å²) in [6, 6.07) is 19.3. The summed E-state index contributed by atoms with van der Waals surface area (Å²) in [6.45, 7) is 0.135. The maximum atomic E-state index is 12.8. The SMILES string of the molecule is O=C(NS(=O)(=O)c1cccc2ccccc12)C1COc2ccccc21. The lowest BCUT2D eigenvalue weighted by molar-refractivity contribution is -0.120. The molecule has 1 atom stereocenters. The number of fused-ring (bicyclic) bond motifs is 2. The number of amides is 1. The number of sulfonamides is 1. The summed E-state index contributed by atoms with van der Waals surface area (Å²) < 4.78 is 33.2. The van der Waals surface area contributed by atoms with Gasteiger partial charge in [-0.15, -0.1) is 0 Å². The number of para-hydroxylation sites is 1. The first-order valence-corrected chi connectivity index (χ1v) is 9.31. The zero-order valence-corrected chi connectivity index (χ0v) is 14.0. The van der Waals surface area contributed by atoms with Crippen LogP contribution in [0, 0.1) is 0 Å². The van der Waals surface area contributed by atoms with Crippen molar-refractivity contribution in [2.45, 2.75) is 10.8 Å². The Balaban J connectivity index is 1.67. The number of carbonyl (C=O) groups excluding carboxylic acids is 1. The van der Waals surface area contributed by atoms with Crippen LogP contribution >= 0.6 is 0 Å². The van der Waals surface area contributed by atoms with Crippen molar-refractivity contribution in [2.24, 2.45) is 0 Å². The Bertz CT molecular complexity index is 1070. The monoisotopic (exact) mass is 353 g/mol. The minimum Gasteiger partial charge on any atom is -0.492 e. The van der Waals surface area contributed by atoms with Crippen molar-refractivity contribution >= 4 is 26.7 Å². The van der Waals surface area contributed by atoms with Crippen molar-refractivity contribution in [1.29, 1.82) is 0 Å². The first-order valence-electron chi connectivity index (χ1n) is 7.82. The van der Waals surface area contributed by atoms with Gasteiger partial charge in [-0.3, -0.25) is 4.79 Å². The highest BCUT2D eigenvalue weighted by molar-refractivity contribution is 7.90. The Hall–Kier alpha value is -2.86. The molecule has 5 nitrogen and oxygen atoms in total. The lowest BCUT2D eigenvalue weighted by Gasteiger charge is -2.12. The summed E-state index contributed by atoms with van der Waals surface area (Å²) in [7, 11) is -3.98. The molecule has 0 aromatic heterocycles. The summed E-state index contributed by atoms with van der Waals surface area (Å²) in [5, 5.41) is 1.38. The highest BCUT2D eigenvalue weighted by Crippen LogP contribution is 2.34. The number of hydrogen-bond donors (Lipinski definition) is 1. The van der Waals surface area contributed by atoms with E-state index in [9.17, 15) is 13.2 Å². The third-order valence-electron chi connectivity index (χ3n) is 4.29. The Morgan fingerprint density at radius 2 is 1.68 bits per heavy atom. The number of nitrogens with one attached hydrogen (secondary N) is 1. The molecule has 1 aliphatic rings. The summed E-state index contributed by atoms with van der Waals surface area (Å²) in [5.74, 6) is -0.607. The Morgan fingerprint density at radius 1 is 0.960 bits per heavy atom. The molecular weight excluding hydrogens is 338 g/mol. The van der Waals surface area contributed by atoms with Gasteiger partial charge in [0.1, 0.15) is 18.3 Å². The molecule has 4 rings (SSSR count). The lowest BCUT2D eigenvalue weighted by Crippen LogP contribution is -2.35. The van der Waals surface area contributed by atoms with Gasteiger partial charge in [0.25, 0.3) is 10.0 Å². The van der Waals surface area contributed by atoms with Crippen molar-refractivity contribution in [1.82, 2.24) is 4.72 Å². The lowest BCUT2D eigenvalue weighted by atomic mass is 10.0. The van der Waals surface area contributed by atoms with E-state index in [1.165, 1.54) is 6.07 Å². The van der Waals surface area contributed by atoms with Crippen LogP contribution in [0.5, 0.6) is 5.75 Å². The number of hydrogen-bond acceptors (Lipinski definition) is 4. The van der Waals surface area contributed by atoms with E-state index in [1.807, 2.05) is 24.3 Å². The van der Waals surface area contributed by atoms with Gasteiger partial charge in [-0.25, -0.2) is 13.1 Å². The molecule has 1 aliphatic heterocycles. The second-order valence-corrected chi connectivity index (χ2v) is 7.50. The van der Waals surface area contributed by atoms with Crippen LogP contribution in [0.4, 0.5) is 0 Å². The molecule has 6 heteroatoms. The standard InChI is InChI=1S/C19H15NO4S/c21-19(16-12-24-17-10-4-3-9-15(16)17)20-25(22,23)18-11-5-7-13-6-1-2-8-14(13)18/h1-11,16H,12H2,(H,20,21). The molecule has 1 heterocycles. The highest BCUT2D eigenvalue weighted by Gasteiger charge is 2.33. The molecule has 1 amide bonds. The van der Waals surface area contributed by atoms with E-state index in [0.717, 1.165) is 5.39 Å². The van der Waals surface area contributed by atoms with Gasteiger partial charge in [-0.05, 0) is 17.5 Å². The van der Waals surface area contributed by atoms with Gasteiger partial charge in [0.15, 0.2) is 0 Å². The third kappa shape index (κ3) is 2.74. The van der Waals surface area contributed by atoms with Crippen molar-refractivity contribution in [3.8, 4) is 5.75 Å². The van der Waals surface area contributed by atoms with E-state index < -0.39 is 21.8 Å². The first-order chi connectivity index (χ1) is 12.1. The van der Waals surface area contributed by atoms with Crippen LogP contribution in [-0.2, 0) is 14.8 Å². The van der Waals surface area contributed by atoms with E-state index >= 15 is 0 Å². The maximum Gasteiger partial charge on any atom is 0.264 e. The van der Waals surface area contributed by atoms with Crippen molar-refractivity contribution in [3.63, 3.8) is 0 Å². The molecule has 0 fully saturated rings. The molecular formula is C19H15NO4S. The second kappa shape index (κ2) is 5.89. The Morgan fingerprint density at radius 3 is 2.56 bits per heavy atom. The van der Waals surface area contributed by atoms with Crippen LogP contribution in [0.3, 0.4) is 0 Å². The molecule has 3 aromatic carbocycles. The molecule has 25 heavy (non-hydrogen) atoms. The Labute approximate surface area is 145 Å². The minimum atomic E-state index is -3.98. The highest BCUT2D eigenvalue weighted by atomic mass is 32.2. The average Bonchev–Trinajstić information content (AvgIpc) is 3.05. The topological polar surface area (TPSA) is 72.5 Å². The maximum absolute atomic E-state index is 12.8. The summed E-state index contributed by atoms with van der Waals surface area (Å²) in [4.78, 5) is 12.7. The number of rotatable bonds is 3. The molecule has 1 N–H and O–H groups in total. The molecule has 0 radical (unpaired) electrons. The van der Waals surface area contributed by atoms with Crippen molar-refractivity contribution in [3.05, 3.63) is 72.3 Å². The largest absolute Gasteiger partial charge is 0.492 e. The van der Waals surface area contributed by atoms with Crippen LogP contribution in [0.25, 0.3) is 10.8 Å². The molecule has 0 aliphatic carbocycles. The molecule has 126 valence electrons. The molecule has 0 saturated carbocycles. The molecule has 1 unspecified atom stereocenters. The van der Waals surface area contributed by atoms with Crippen molar-refractivity contribution < 1.29 is 17.9 Å². The molecule has 0 saturated heterocycles. The van der Waals surface area contributed by atoms with Gasteiger partial charge >= 0.3 is 0 Å². The van der Waals surface area contributed by atoms with Crippen LogP contribution in [0.1, 0.15) is 11.5 Å². The average molecular weight is 353 g/mol. The third-order valence-corrected chi connectivity index (χ3v) is 5.70. The van der Waals surface area contributed by atoms with Gasteiger partial charge in [-0.1, -0.05) is 54.6 Å². The zero-order chi connectivity index (χ0) is 17.4. The fraction of sp³-hybridized carbons (Fsp3) is 0.105. The van der Waals surface area contributed by atoms with Gasteiger partial charge in [0.05, 0.1) is 4.90 Å². The van der Waals surface area contributed by atoms with E-state index in [2.05, 4.69) is 4.72 Å². The normalized spacial score (nSPS) is 16.2. The van der Waals surface area contributed by atoms with E-state index in [1.54, 1.807) is 36.4 Å². The molecule has 0 spiro atoms. The fourth-order valence-electron chi connectivity index (χ4n) is 3.07. The van der Waals surface area contributed by atoms with Crippen LogP contribution in [0.15, 0.2) is 71.6 Å². The smallest absolute Gasteiger partial charge is 0.264 e. The summed E-state index contributed by atoms with van der Waals surface area (Å²) in [5.41, 5.74) is 0.702. The number of benzene rings is 3. The van der Waals surface area contributed by atoms with Crippen LogP contribution in [0.2, 0.25) is 0 Å². The van der Waals surface area contributed by atoms with Gasteiger partial charge in [0, 0.05) is 10.9 Å². The van der Waals surface area contributed by atoms with E-state index in [4.69, 9.17) is 4.74 Å².